The molecule has 0 saturated carbocycles. The van der Waals surface area contributed by atoms with Crippen molar-refractivity contribution in [2.24, 2.45) is 5.73 Å². The van der Waals surface area contributed by atoms with Crippen molar-refractivity contribution in [3.05, 3.63) is 54.1 Å². The normalized spacial score (nSPS) is 9.88. The number of anilines is 3. The van der Waals surface area contributed by atoms with Crippen LogP contribution in [0.1, 0.15) is 10.4 Å². The lowest BCUT2D eigenvalue weighted by atomic mass is 10.1. The predicted octanol–water partition coefficient (Wildman–Crippen LogP) is 2.35. The van der Waals surface area contributed by atoms with Gasteiger partial charge in [0, 0.05) is 18.3 Å². The molecular formula is C16H16N4O4. The number of nitrogens with two attached hydrogens (primary N) is 1. The minimum Gasteiger partial charge on any atom is -0.464 e. The third-order valence-electron chi connectivity index (χ3n) is 3.18. The molecule has 0 bridgehead atoms. The number of rotatable bonds is 4. The molecule has 0 fully saturated rings. The molecule has 0 aromatic heterocycles. The van der Waals surface area contributed by atoms with E-state index in [-0.39, 0.29) is 5.91 Å². The van der Waals surface area contributed by atoms with Gasteiger partial charge in [-0.2, -0.15) is 0 Å². The first kappa shape index (κ1) is 16.8. The summed E-state index contributed by atoms with van der Waals surface area (Å²) in [6.07, 6.45) is -1.21. The maximum Gasteiger partial charge on any atom is 0.416 e. The van der Waals surface area contributed by atoms with E-state index in [1.165, 1.54) is 37.4 Å². The fourth-order valence-corrected chi connectivity index (χ4v) is 2.14. The van der Waals surface area contributed by atoms with Crippen molar-refractivity contribution in [1.29, 1.82) is 0 Å². The molecule has 4 amide bonds. The Morgan fingerprint density at radius 2 is 1.71 bits per heavy atom. The molecule has 0 aliphatic carbocycles. The van der Waals surface area contributed by atoms with E-state index < -0.39 is 12.1 Å². The van der Waals surface area contributed by atoms with Crippen LogP contribution in [0.2, 0.25) is 0 Å². The number of nitrogens with zero attached hydrogens (tertiary/aromatic N) is 1. The van der Waals surface area contributed by atoms with Gasteiger partial charge in [-0.25, -0.2) is 14.5 Å². The highest BCUT2D eigenvalue weighted by atomic mass is 16.4. The molecule has 0 radical (unpaired) electrons. The minimum atomic E-state index is -1.21. The standard InChI is InChI=1S/C16H16N4O4/c1-18-14(21)10-3-2-4-13(9-10)20(16(23)24)12-7-5-11(6-8-12)19-15(17)22/h2-9H,1H3,(H,18,21)(H,23,24)(H3,17,19,22). The lowest BCUT2D eigenvalue weighted by Crippen LogP contribution is -2.25. The lowest BCUT2D eigenvalue weighted by molar-refractivity contribution is 0.0963. The van der Waals surface area contributed by atoms with Crippen LogP contribution in [-0.4, -0.2) is 30.2 Å². The zero-order valence-corrected chi connectivity index (χ0v) is 12.8. The summed E-state index contributed by atoms with van der Waals surface area (Å²) in [5.41, 5.74) is 6.48. The third-order valence-corrected chi connectivity index (χ3v) is 3.18. The Balaban J connectivity index is 2.38. The van der Waals surface area contributed by atoms with Crippen molar-refractivity contribution in [2.45, 2.75) is 0 Å². The molecule has 0 atom stereocenters. The van der Waals surface area contributed by atoms with E-state index in [1.54, 1.807) is 18.2 Å². The predicted molar refractivity (Wildman–Crippen MR) is 89.6 cm³/mol. The van der Waals surface area contributed by atoms with E-state index in [4.69, 9.17) is 5.73 Å². The highest BCUT2D eigenvalue weighted by Gasteiger charge is 2.18. The van der Waals surface area contributed by atoms with Crippen LogP contribution in [0.3, 0.4) is 0 Å². The van der Waals surface area contributed by atoms with Gasteiger partial charge in [0.1, 0.15) is 0 Å². The second-order valence-corrected chi connectivity index (χ2v) is 4.78. The maximum atomic E-state index is 11.7. The molecule has 0 unspecified atom stereocenters. The quantitative estimate of drug-likeness (QED) is 0.687. The summed E-state index contributed by atoms with van der Waals surface area (Å²) in [5, 5.41) is 14.4. The second kappa shape index (κ2) is 7.14. The van der Waals surface area contributed by atoms with Crippen molar-refractivity contribution in [1.82, 2.24) is 5.32 Å². The number of carboxylic acid groups (broad SMARTS) is 1. The number of amides is 4. The van der Waals surface area contributed by atoms with Gasteiger partial charge in [-0.3, -0.25) is 4.79 Å². The zero-order chi connectivity index (χ0) is 17.7. The van der Waals surface area contributed by atoms with Gasteiger partial charge >= 0.3 is 12.1 Å². The molecule has 124 valence electrons. The Morgan fingerprint density at radius 1 is 1.04 bits per heavy atom. The summed E-state index contributed by atoms with van der Waals surface area (Å²) in [4.78, 5) is 35.2. The number of nitrogens with one attached hydrogen (secondary N) is 2. The van der Waals surface area contributed by atoms with Crippen LogP contribution in [0, 0.1) is 0 Å². The molecule has 0 heterocycles. The van der Waals surface area contributed by atoms with E-state index in [2.05, 4.69) is 10.6 Å². The van der Waals surface area contributed by atoms with Gasteiger partial charge in [0.05, 0.1) is 11.4 Å². The van der Waals surface area contributed by atoms with Gasteiger partial charge in [0.25, 0.3) is 5.91 Å². The van der Waals surface area contributed by atoms with Gasteiger partial charge in [0.2, 0.25) is 0 Å². The molecule has 2 rings (SSSR count). The molecule has 0 aliphatic rings. The molecule has 2 aromatic rings. The molecule has 5 N–H and O–H groups in total. The first-order valence-electron chi connectivity index (χ1n) is 6.94. The van der Waals surface area contributed by atoms with Crippen LogP contribution in [0.15, 0.2) is 48.5 Å². The fraction of sp³-hybridized carbons (Fsp3) is 0.0625. The summed E-state index contributed by atoms with van der Waals surface area (Å²) in [7, 11) is 1.49. The van der Waals surface area contributed by atoms with E-state index >= 15 is 0 Å². The van der Waals surface area contributed by atoms with E-state index in [9.17, 15) is 19.5 Å². The van der Waals surface area contributed by atoms with Crippen LogP contribution in [0.5, 0.6) is 0 Å². The van der Waals surface area contributed by atoms with Crippen LogP contribution in [-0.2, 0) is 0 Å². The van der Waals surface area contributed by atoms with Crippen LogP contribution in [0.4, 0.5) is 26.7 Å². The first-order chi connectivity index (χ1) is 11.4. The van der Waals surface area contributed by atoms with E-state index in [1.807, 2.05) is 0 Å². The number of hydrogen-bond donors (Lipinski definition) is 4. The zero-order valence-electron chi connectivity index (χ0n) is 12.8. The summed E-state index contributed by atoms with van der Waals surface area (Å²) in [6, 6.07) is 11.6. The summed E-state index contributed by atoms with van der Waals surface area (Å²) < 4.78 is 0. The van der Waals surface area contributed by atoms with Crippen LogP contribution in [0.25, 0.3) is 0 Å². The molecule has 24 heavy (non-hydrogen) atoms. The number of carbonyl (C=O) groups is 3. The molecule has 8 heteroatoms. The van der Waals surface area contributed by atoms with E-state index in [0.717, 1.165) is 4.90 Å². The van der Waals surface area contributed by atoms with Crippen molar-refractivity contribution in [3.63, 3.8) is 0 Å². The van der Waals surface area contributed by atoms with Gasteiger partial charge in [-0.05, 0) is 42.5 Å². The molecule has 0 spiro atoms. The number of hydrogen-bond acceptors (Lipinski definition) is 3. The van der Waals surface area contributed by atoms with Gasteiger partial charge in [0.15, 0.2) is 0 Å². The Morgan fingerprint density at radius 3 is 2.25 bits per heavy atom. The lowest BCUT2D eigenvalue weighted by Gasteiger charge is -2.20. The Bertz CT molecular complexity index is 774. The van der Waals surface area contributed by atoms with Crippen LogP contribution < -0.4 is 21.3 Å². The summed E-state index contributed by atoms with van der Waals surface area (Å²) in [6.45, 7) is 0. The molecule has 0 saturated heterocycles. The summed E-state index contributed by atoms with van der Waals surface area (Å²) >= 11 is 0. The SMILES string of the molecule is CNC(=O)c1cccc(N(C(=O)O)c2ccc(NC(N)=O)cc2)c1. The van der Waals surface area contributed by atoms with Crippen molar-refractivity contribution in [3.8, 4) is 0 Å². The van der Waals surface area contributed by atoms with Crippen molar-refractivity contribution >= 4 is 35.1 Å². The van der Waals surface area contributed by atoms with Gasteiger partial charge < -0.3 is 21.5 Å². The van der Waals surface area contributed by atoms with Crippen LogP contribution >= 0.6 is 0 Å². The molecule has 8 nitrogen and oxygen atoms in total. The van der Waals surface area contributed by atoms with Crippen molar-refractivity contribution < 1.29 is 19.5 Å². The number of benzene rings is 2. The van der Waals surface area contributed by atoms with E-state index in [0.29, 0.717) is 22.6 Å². The fourth-order valence-electron chi connectivity index (χ4n) is 2.14. The third kappa shape index (κ3) is 3.80. The van der Waals surface area contributed by atoms with Gasteiger partial charge in [-0.1, -0.05) is 6.07 Å². The second-order valence-electron chi connectivity index (χ2n) is 4.78. The number of carbonyl (C=O) groups excluding carboxylic acids is 2. The Labute approximate surface area is 137 Å². The average molecular weight is 328 g/mol. The Kier molecular flexibility index (Phi) is 5.00. The van der Waals surface area contributed by atoms with Gasteiger partial charge in [-0.15, -0.1) is 0 Å². The average Bonchev–Trinajstić information content (AvgIpc) is 2.55. The maximum absolute atomic E-state index is 11.7. The molecule has 2 aromatic carbocycles. The first-order valence-corrected chi connectivity index (χ1v) is 6.94. The number of urea groups is 1. The molecular weight excluding hydrogens is 312 g/mol. The van der Waals surface area contributed by atoms with Crippen molar-refractivity contribution in [2.75, 3.05) is 17.3 Å². The largest absolute Gasteiger partial charge is 0.464 e. The Hall–Kier alpha value is -3.55. The topological polar surface area (TPSA) is 125 Å². The minimum absolute atomic E-state index is 0.316. The molecule has 0 aliphatic heterocycles. The monoisotopic (exact) mass is 328 g/mol. The summed E-state index contributed by atoms with van der Waals surface area (Å²) in [5.74, 6) is -0.316. The highest BCUT2D eigenvalue weighted by Crippen LogP contribution is 2.27. The number of primary amides is 1. The smallest absolute Gasteiger partial charge is 0.416 e. The highest BCUT2D eigenvalue weighted by molar-refractivity contribution is 5.99.